The molecule has 0 radical (unpaired) electrons. The highest BCUT2D eigenvalue weighted by atomic mass is 16.7. The second kappa shape index (κ2) is 12.5. The van der Waals surface area contributed by atoms with E-state index in [1.165, 1.54) is 20.1 Å². The van der Waals surface area contributed by atoms with E-state index in [1.807, 2.05) is 0 Å². The van der Waals surface area contributed by atoms with Gasteiger partial charge in [-0.05, 0) is 25.1 Å². The van der Waals surface area contributed by atoms with Gasteiger partial charge in [0.2, 0.25) is 23.2 Å². The van der Waals surface area contributed by atoms with Gasteiger partial charge >= 0.3 is 0 Å². The van der Waals surface area contributed by atoms with Crippen LogP contribution in [0.5, 0.6) is 34.5 Å². The molecule has 1 aromatic heterocycles. The molecule has 2 aliphatic rings. The van der Waals surface area contributed by atoms with E-state index in [0.29, 0.717) is 0 Å². The number of phenolic OH excluding ortho intramolecular Hbond substituents is 3. The van der Waals surface area contributed by atoms with Gasteiger partial charge in [-0.15, -0.1) is 0 Å². The minimum Gasteiger partial charge on any atom is -0.504 e. The second-order valence-corrected chi connectivity index (χ2v) is 10.6. The zero-order chi connectivity index (χ0) is 32.9. The van der Waals surface area contributed by atoms with Gasteiger partial charge in [-0.2, -0.15) is 0 Å². The summed E-state index contributed by atoms with van der Waals surface area (Å²) in [5, 5.41) is 102. The number of aliphatic hydroxyl groups is 6. The lowest BCUT2D eigenvalue weighted by atomic mass is 9.98. The van der Waals surface area contributed by atoms with Gasteiger partial charge in [0.15, 0.2) is 35.0 Å². The highest BCUT2D eigenvalue weighted by Crippen LogP contribution is 2.45. The van der Waals surface area contributed by atoms with E-state index < -0.39 is 113 Å². The zero-order valence-corrected chi connectivity index (χ0v) is 23.6. The van der Waals surface area contributed by atoms with Crippen LogP contribution in [0.4, 0.5) is 0 Å². The minimum absolute atomic E-state index is 0.00593. The van der Waals surface area contributed by atoms with Crippen LogP contribution >= 0.6 is 0 Å². The molecule has 45 heavy (non-hydrogen) atoms. The first kappa shape index (κ1) is 32.5. The van der Waals surface area contributed by atoms with Crippen LogP contribution in [0, 0.1) is 0 Å². The summed E-state index contributed by atoms with van der Waals surface area (Å²) in [6.07, 6.45) is -16.0. The van der Waals surface area contributed by atoms with Crippen LogP contribution in [0.15, 0.2) is 33.5 Å². The van der Waals surface area contributed by atoms with Crippen molar-refractivity contribution in [1.29, 1.82) is 0 Å². The van der Waals surface area contributed by atoms with Gasteiger partial charge in [-0.1, -0.05) is 0 Å². The molecule has 10 atom stereocenters. The van der Waals surface area contributed by atoms with E-state index in [4.69, 9.17) is 28.1 Å². The van der Waals surface area contributed by atoms with Crippen molar-refractivity contribution in [1.82, 2.24) is 0 Å². The average Bonchev–Trinajstić information content (AvgIpc) is 3.01. The Balaban J connectivity index is 1.43. The molecule has 2 saturated heterocycles. The van der Waals surface area contributed by atoms with Crippen LogP contribution in [0.3, 0.4) is 0 Å². The summed E-state index contributed by atoms with van der Waals surface area (Å²) in [6, 6.07) is 4.49. The van der Waals surface area contributed by atoms with Crippen molar-refractivity contribution in [2.75, 3.05) is 13.7 Å². The molecule has 0 amide bonds. The lowest BCUT2D eigenvalue weighted by Crippen LogP contribution is -2.61. The van der Waals surface area contributed by atoms with Crippen molar-refractivity contribution in [3.63, 3.8) is 0 Å². The summed E-state index contributed by atoms with van der Waals surface area (Å²) in [4.78, 5) is 13.2. The maximum atomic E-state index is 13.2. The molecule has 2 aliphatic heterocycles. The number of ether oxygens (including phenoxy) is 5. The fourth-order valence-electron chi connectivity index (χ4n) is 5.02. The predicted octanol–water partition coefficient (Wildman–Crippen LogP) is -1.68. The fourth-order valence-corrected chi connectivity index (χ4v) is 5.02. The molecule has 246 valence electrons. The van der Waals surface area contributed by atoms with E-state index in [1.54, 1.807) is 0 Å². The van der Waals surface area contributed by atoms with Crippen molar-refractivity contribution in [2.45, 2.75) is 68.3 Å². The third kappa shape index (κ3) is 5.81. The molecular formula is C28H32O17. The SMILES string of the molecule is COc1cc2oc(-c3ccc(O)c(O)c3)c(O)c(=O)c2c(O)c1OC1OC(COC2OC(C)C(O)C(O)C2O)C(O)C(O)C1O. The zero-order valence-electron chi connectivity index (χ0n) is 23.6. The Labute approximate surface area is 252 Å². The van der Waals surface area contributed by atoms with Gasteiger partial charge in [0.1, 0.15) is 53.7 Å². The third-order valence-electron chi connectivity index (χ3n) is 7.65. The first-order valence-electron chi connectivity index (χ1n) is 13.5. The van der Waals surface area contributed by atoms with Crippen LogP contribution in [-0.2, 0) is 14.2 Å². The van der Waals surface area contributed by atoms with Crippen LogP contribution < -0.4 is 14.9 Å². The second-order valence-electron chi connectivity index (χ2n) is 10.6. The number of fused-ring (bicyclic) bond motifs is 1. The first-order valence-corrected chi connectivity index (χ1v) is 13.5. The Morgan fingerprint density at radius 2 is 1.44 bits per heavy atom. The molecule has 10 N–H and O–H groups in total. The minimum atomic E-state index is -1.93. The predicted molar refractivity (Wildman–Crippen MR) is 147 cm³/mol. The Hall–Kier alpha value is -3.91. The van der Waals surface area contributed by atoms with Gasteiger partial charge in [0.25, 0.3) is 0 Å². The Morgan fingerprint density at radius 3 is 2.11 bits per heavy atom. The van der Waals surface area contributed by atoms with Crippen LogP contribution in [0.1, 0.15) is 6.92 Å². The Kier molecular flexibility index (Phi) is 9.00. The molecular weight excluding hydrogens is 608 g/mol. The Bertz CT molecular complexity index is 1610. The van der Waals surface area contributed by atoms with Crippen molar-refractivity contribution in [3.05, 3.63) is 34.5 Å². The fraction of sp³-hybridized carbons (Fsp3) is 0.464. The molecule has 3 heterocycles. The smallest absolute Gasteiger partial charge is 0.238 e. The molecule has 0 saturated carbocycles. The summed E-state index contributed by atoms with van der Waals surface area (Å²) in [6.45, 7) is 0.838. The number of rotatable bonds is 7. The number of phenols is 3. The molecule has 10 unspecified atom stereocenters. The number of aromatic hydroxyl groups is 4. The summed E-state index contributed by atoms with van der Waals surface area (Å²) >= 11 is 0. The molecule has 17 heteroatoms. The highest BCUT2D eigenvalue weighted by molar-refractivity contribution is 5.91. The maximum Gasteiger partial charge on any atom is 0.238 e. The average molecular weight is 641 g/mol. The number of aliphatic hydroxyl groups excluding tert-OH is 6. The number of hydrogen-bond donors (Lipinski definition) is 10. The number of hydrogen-bond acceptors (Lipinski definition) is 17. The van der Waals surface area contributed by atoms with Crippen molar-refractivity contribution < 1.29 is 79.2 Å². The quantitative estimate of drug-likeness (QED) is 0.129. The van der Waals surface area contributed by atoms with Crippen molar-refractivity contribution in [3.8, 4) is 45.8 Å². The van der Waals surface area contributed by atoms with E-state index in [0.717, 1.165) is 18.2 Å². The summed E-state index contributed by atoms with van der Waals surface area (Å²) in [7, 11) is 1.17. The summed E-state index contributed by atoms with van der Waals surface area (Å²) in [5.41, 5.74) is -1.43. The molecule has 17 nitrogen and oxygen atoms in total. The Morgan fingerprint density at radius 1 is 0.778 bits per heavy atom. The lowest BCUT2D eigenvalue weighted by Gasteiger charge is -2.42. The number of benzene rings is 2. The van der Waals surface area contributed by atoms with Gasteiger partial charge in [0.05, 0.1) is 19.8 Å². The van der Waals surface area contributed by atoms with Crippen LogP contribution in [-0.4, -0.2) is 126 Å². The monoisotopic (exact) mass is 640 g/mol. The van der Waals surface area contributed by atoms with Gasteiger partial charge in [-0.3, -0.25) is 4.79 Å². The van der Waals surface area contributed by atoms with E-state index in [-0.39, 0.29) is 16.9 Å². The highest BCUT2D eigenvalue weighted by Gasteiger charge is 2.47. The van der Waals surface area contributed by atoms with Crippen molar-refractivity contribution >= 4 is 11.0 Å². The topological polar surface area (TPSA) is 279 Å². The third-order valence-corrected chi connectivity index (χ3v) is 7.65. The molecule has 0 spiro atoms. The normalized spacial score (nSPS) is 32.0. The van der Waals surface area contributed by atoms with E-state index in [2.05, 4.69) is 0 Å². The van der Waals surface area contributed by atoms with Crippen LogP contribution in [0.2, 0.25) is 0 Å². The van der Waals surface area contributed by atoms with Crippen molar-refractivity contribution in [2.24, 2.45) is 0 Å². The molecule has 2 fully saturated rings. The molecule has 0 aliphatic carbocycles. The van der Waals surface area contributed by atoms with Gasteiger partial charge in [0, 0.05) is 11.6 Å². The molecule has 2 aromatic carbocycles. The largest absolute Gasteiger partial charge is 0.504 e. The van der Waals surface area contributed by atoms with E-state index >= 15 is 0 Å². The van der Waals surface area contributed by atoms with Gasteiger partial charge < -0.3 is 79.2 Å². The number of methoxy groups -OCH3 is 1. The lowest BCUT2D eigenvalue weighted by molar-refractivity contribution is -0.318. The van der Waals surface area contributed by atoms with Gasteiger partial charge in [-0.25, -0.2) is 0 Å². The maximum absolute atomic E-state index is 13.2. The van der Waals surface area contributed by atoms with E-state index in [9.17, 15) is 55.9 Å². The summed E-state index contributed by atoms with van der Waals surface area (Å²) < 4.78 is 32.9. The first-order chi connectivity index (χ1) is 21.2. The standard InChI is InChI=1S/C28H32O17/c1-8-16(31)20(35)23(38)27(42-8)41-7-14-17(32)21(36)24(39)28(44-14)45-26-13(40-2)6-12-15(19(26)34)18(33)22(37)25(43-12)9-3-4-10(29)11(30)5-9/h3-6,8,14,16-17,20-21,23-24,27-32,34-39H,7H2,1-2H3. The molecule has 0 bridgehead atoms. The summed E-state index contributed by atoms with van der Waals surface area (Å²) in [5.74, 6) is -4.18. The molecule has 5 rings (SSSR count). The molecule has 3 aromatic rings. The van der Waals surface area contributed by atoms with Crippen LogP contribution in [0.25, 0.3) is 22.3 Å².